The second-order valence-corrected chi connectivity index (χ2v) is 6.38. The van der Waals surface area contributed by atoms with Crippen molar-refractivity contribution in [2.45, 2.75) is 32.9 Å². The fraction of sp³-hybridized carbons (Fsp3) is 0.800. The zero-order chi connectivity index (χ0) is 15.3. The molecule has 0 fully saturated rings. The lowest BCUT2D eigenvalue weighted by molar-refractivity contribution is 0.246. The summed E-state index contributed by atoms with van der Waals surface area (Å²) in [5, 5.41) is 3.56. The average molecular weight is 281 g/mol. The van der Waals surface area contributed by atoms with E-state index >= 15 is 0 Å². The van der Waals surface area contributed by atoms with E-state index in [0.29, 0.717) is 6.04 Å². The maximum Gasteiger partial charge on any atom is 0.204 e. The van der Waals surface area contributed by atoms with Crippen LogP contribution < -0.4 is 10.2 Å². The van der Waals surface area contributed by atoms with E-state index in [0.717, 1.165) is 25.0 Å². The van der Waals surface area contributed by atoms with Gasteiger partial charge in [0.25, 0.3) is 0 Å². The van der Waals surface area contributed by atoms with Gasteiger partial charge in [0.2, 0.25) is 5.95 Å². The molecule has 0 radical (unpaired) electrons. The van der Waals surface area contributed by atoms with Crippen LogP contribution in [0.3, 0.4) is 0 Å². The first-order chi connectivity index (χ1) is 9.32. The topological polar surface area (TPSA) is 36.3 Å². The van der Waals surface area contributed by atoms with Crippen molar-refractivity contribution in [3.63, 3.8) is 0 Å². The Labute approximate surface area is 124 Å². The first-order valence-corrected chi connectivity index (χ1v) is 7.38. The second kappa shape index (κ2) is 7.64. The van der Waals surface area contributed by atoms with Crippen LogP contribution in [0, 0.1) is 5.92 Å². The highest BCUT2D eigenvalue weighted by Gasteiger charge is 2.13. The van der Waals surface area contributed by atoms with E-state index in [1.165, 1.54) is 12.1 Å². The Kier molecular flexibility index (Phi) is 6.49. The first-order valence-electron chi connectivity index (χ1n) is 7.38. The van der Waals surface area contributed by atoms with Gasteiger partial charge in [-0.25, -0.2) is 4.98 Å². The number of nitrogens with zero attached hydrogens (tertiary/aromatic N) is 4. The van der Waals surface area contributed by atoms with Gasteiger partial charge in [-0.2, -0.15) is 0 Å². The van der Waals surface area contributed by atoms with Crippen molar-refractivity contribution >= 4 is 5.95 Å². The summed E-state index contributed by atoms with van der Waals surface area (Å²) in [4.78, 5) is 8.77. The van der Waals surface area contributed by atoms with Crippen molar-refractivity contribution in [1.29, 1.82) is 0 Å². The highest BCUT2D eigenvalue weighted by atomic mass is 15.3. The summed E-state index contributed by atoms with van der Waals surface area (Å²) in [5.74, 6) is 1.72. The minimum atomic E-state index is 0.580. The molecule has 0 saturated heterocycles. The Morgan fingerprint density at radius 1 is 1.25 bits per heavy atom. The summed E-state index contributed by atoms with van der Waals surface area (Å²) >= 11 is 0. The Bertz CT molecular complexity index is 395. The van der Waals surface area contributed by atoms with Gasteiger partial charge in [0.05, 0.1) is 11.9 Å². The average Bonchev–Trinajstić information content (AvgIpc) is 2.69. The third-order valence-corrected chi connectivity index (χ3v) is 3.62. The number of hydrogen-bond acceptors (Lipinski definition) is 4. The van der Waals surface area contributed by atoms with Crippen LogP contribution in [0.25, 0.3) is 0 Å². The third kappa shape index (κ3) is 4.80. The van der Waals surface area contributed by atoms with Crippen LogP contribution in [0.15, 0.2) is 6.20 Å². The maximum absolute atomic E-state index is 4.43. The van der Waals surface area contributed by atoms with Gasteiger partial charge >= 0.3 is 0 Å². The van der Waals surface area contributed by atoms with E-state index in [1.54, 1.807) is 0 Å². The molecule has 0 bridgehead atoms. The molecular formula is C15H31N5. The Hall–Kier alpha value is -1.07. The van der Waals surface area contributed by atoms with Crippen LogP contribution in [0.2, 0.25) is 0 Å². The standard InChI is InChI=1S/C15H31N5/c1-12(2)8-13(18(3)4)9-16-10-14-11-17-15(19(5)6)20(14)7/h11-13,16H,8-10H2,1-7H3. The van der Waals surface area contributed by atoms with E-state index < -0.39 is 0 Å². The molecule has 1 aromatic rings. The quantitative estimate of drug-likeness (QED) is 0.784. The number of likely N-dealkylation sites (N-methyl/N-ethyl adjacent to an activating group) is 1. The number of imidazole rings is 1. The van der Waals surface area contributed by atoms with Gasteiger partial charge in [-0.1, -0.05) is 13.8 Å². The molecule has 1 aromatic heterocycles. The number of rotatable bonds is 8. The summed E-state index contributed by atoms with van der Waals surface area (Å²) in [6.07, 6.45) is 3.17. The first kappa shape index (κ1) is 17.0. The van der Waals surface area contributed by atoms with Gasteiger partial charge in [-0.15, -0.1) is 0 Å². The maximum atomic E-state index is 4.43. The van der Waals surface area contributed by atoms with Gasteiger partial charge in [-0.05, 0) is 26.4 Å². The minimum Gasteiger partial charge on any atom is -0.348 e. The summed E-state index contributed by atoms with van der Waals surface area (Å²) in [7, 11) is 10.4. The second-order valence-electron chi connectivity index (χ2n) is 6.38. The molecule has 5 nitrogen and oxygen atoms in total. The van der Waals surface area contributed by atoms with Crippen molar-refractivity contribution in [1.82, 2.24) is 19.8 Å². The van der Waals surface area contributed by atoms with E-state index in [4.69, 9.17) is 0 Å². The molecule has 0 aromatic carbocycles. The van der Waals surface area contributed by atoms with Crippen molar-refractivity contribution in [2.24, 2.45) is 13.0 Å². The van der Waals surface area contributed by atoms with Gasteiger partial charge in [0.1, 0.15) is 0 Å². The van der Waals surface area contributed by atoms with Crippen LogP contribution in [0.4, 0.5) is 5.95 Å². The lowest BCUT2D eigenvalue weighted by Gasteiger charge is -2.26. The fourth-order valence-corrected chi connectivity index (χ4v) is 2.40. The molecule has 0 saturated carbocycles. The summed E-state index contributed by atoms with van der Waals surface area (Å²) in [5.41, 5.74) is 1.22. The normalized spacial score (nSPS) is 13.2. The molecule has 1 unspecified atom stereocenters. The summed E-state index contributed by atoms with van der Waals surface area (Å²) < 4.78 is 2.14. The van der Waals surface area contributed by atoms with Gasteiger partial charge in [-0.3, -0.25) is 0 Å². The molecule has 0 aliphatic heterocycles. The van der Waals surface area contributed by atoms with Gasteiger partial charge < -0.3 is 19.7 Å². The van der Waals surface area contributed by atoms with Crippen molar-refractivity contribution in [3.05, 3.63) is 11.9 Å². The van der Waals surface area contributed by atoms with Gasteiger partial charge in [0, 0.05) is 40.3 Å². The van der Waals surface area contributed by atoms with Crippen LogP contribution in [-0.2, 0) is 13.6 Å². The molecule has 1 heterocycles. The largest absolute Gasteiger partial charge is 0.348 e. The Balaban J connectivity index is 2.50. The summed E-state index contributed by atoms with van der Waals surface area (Å²) in [6.45, 7) is 6.43. The van der Waals surface area contributed by atoms with E-state index in [-0.39, 0.29) is 0 Å². The van der Waals surface area contributed by atoms with Crippen LogP contribution in [0.5, 0.6) is 0 Å². The molecule has 1 N–H and O–H groups in total. The molecule has 0 spiro atoms. The monoisotopic (exact) mass is 281 g/mol. The van der Waals surface area contributed by atoms with E-state index in [9.17, 15) is 0 Å². The van der Waals surface area contributed by atoms with Crippen molar-refractivity contribution in [3.8, 4) is 0 Å². The van der Waals surface area contributed by atoms with Crippen LogP contribution in [0.1, 0.15) is 26.0 Å². The Morgan fingerprint density at radius 2 is 1.90 bits per heavy atom. The molecule has 0 amide bonds. The molecule has 1 atom stereocenters. The van der Waals surface area contributed by atoms with Gasteiger partial charge in [0.15, 0.2) is 0 Å². The number of hydrogen-bond donors (Lipinski definition) is 1. The SMILES string of the molecule is CC(C)CC(CNCc1cnc(N(C)C)n1C)N(C)C. The lowest BCUT2D eigenvalue weighted by Crippen LogP contribution is -2.38. The lowest BCUT2D eigenvalue weighted by atomic mass is 10.0. The van der Waals surface area contributed by atoms with Crippen molar-refractivity contribution < 1.29 is 0 Å². The summed E-state index contributed by atoms with van der Waals surface area (Å²) in [6, 6.07) is 0.580. The molecule has 20 heavy (non-hydrogen) atoms. The minimum absolute atomic E-state index is 0.580. The van der Waals surface area contributed by atoms with Crippen LogP contribution in [-0.4, -0.2) is 55.2 Å². The smallest absolute Gasteiger partial charge is 0.204 e. The van der Waals surface area contributed by atoms with E-state index in [1.807, 2.05) is 25.2 Å². The molecular weight excluding hydrogens is 250 g/mol. The number of aromatic nitrogens is 2. The number of nitrogens with one attached hydrogen (secondary N) is 1. The predicted molar refractivity (Wildman–Crippen MR) is 86.2 cm³/mol. The zero-order valence-electron chi connectivity index (χ0n) is 14.1. The highest BCUT2D eigenvalue weighted by Crippen LogP contribution is 2.11. The zero-order valence-corrected chi connectivity index (χ0v) is 14.1. The van der Waals surface area contributed by atoms with Crippen molar-refractivity contribution in [2.75, 3.05) is 39.6 Å². The van der Waals surface area contributed by atoms with Crippen LogP contribution >= 0.6 is 0 Å². The molecule has 0 aliphatic rings. The van der Waals surface area contributed by atoms with E-state index in [2.05, 4.69) is 54.8 Å². The molecule has 1 rings (SSSR count). The molecule has 5 heteroatoms. The molecule has 116 valence electrons. The molecule has 0 aliphatic carbocycles. The fourth-order valence-electron chi connectivity index (χ4n) is 2.40. The predicted octanol–water partition coefficient (Wildman–Crippen LogP) is 1.55. The number of anilines is 1. The third-order valence-electron chi connectivity index (χ3n) is 3.62. The Morgan fingerprint density at radius 3 is 2.35 bits per heavy atom. The highest BCUT2D eigenvalue weighted by molar-refractivity contribution is 5.30.